The average Bonchev–Trinajstić information content (AvgIpc) is 3.10. The van der Waals surface area contributed by atoms with Crippen molar-refractivity contribution in [3.63, 3.8) is 0 Å². The summed E-state index contributed by atoms with van der Waals surface area (Å²) >= 11 is 15.4. The van der Waals surface area contributed by atoms with Crippen LogP contribution in [0.2, 0.25) is 5.02 Å². The Morgan fingerprint density at radius 1 is 0.967 bits per heavy atom. The molecule has 2 aliphatic rings. The Balaban J connectivity index is 0.000000168. The molecular formula is C16H13Br3ClFN6O3. The highest BCUT2D eigenvalue weighted by Crippen LogP contribution is 2.29. The van der Waals surface area contributed by atoms with Crippen molar-refractivity contribution in [1.29, 1.82) is 0 Å². The van der Waals surface area contributed by atoms with Crippen LogP contribution in [0, 0.1) is 5.82 Å². The predicted octanol–water partition coefficient (Wildman–Crippen LogP) is 4.57. The minimum Gasteiger partial charge on any atom is -0.424 e. The normalized spacial score (nSPS) is 16.4. The van der Waals surface area contributed by atoms with Crippen LogP contribution in [0.4, 0.5) is 4.39 Å². The second-order valence-corrected chi connectivity index (χ2v) is 8.80. The molecule has 0 N–H and O–H groups in total. The molecule has 9 nitrogen and oxygen atoms in total. The van der Waals surface area contributed by atoms with Crippen molar-refractivity contribution < 1.29 is 18.6 Å². The zero-order chi connectivity index (χ0) is 21.3. The van der Waals surface area contributed by atoms with Gasteiger partial charge in [0.1, 0.15) is 23.7 Å². The first-order valence-electron chi connectivity index (χ1n) is 8.58. The summed E-state index contributed by atoms with van der Waals surface area (Å²) in [5.41, 5.74) is 0. The van der Waals surface area contributed by atoms with E-state index in [0.29, 0.717) is 40.5 Å². The fourth-order valence-electron chi connectivity index (χ4n) is 2.48. The summed E-state index contributed by atoms with van der Waals surface area (Å²) in [6.07, 6.45) is 0. The van der Waals surface area contributed by atoms with E-state index in [1.807, 2.05) is 4.68 Å². The van der Waals surface area contributed by atoms with Crippen LogP contribution in [-0.2, 0) is 9.47 Å². The molecular weight excluding hydrogens is 618 g/mol. The number of hydrogen-bond acceptors (Lipinski definition) is 7. The molecule has 3 aromatic rings. The van der Waals surface area contributed by atoms with Gasteiger partial charge in [-0.25, -0.2) is 13.8 Å². The molecule has 0 saturated carbocycles. The van der Waals surface area contributed by atoms with E-state index in [-0.39, 0.29) is 11.1 Å². The van der Waals surface area contributed by atoms with Gasteiger partial charge in [0.2, 0.25) is 9.47 Å². The van der Waals surface area contributed by atoms with Crippen molar-refractivity contribution in [3.8, 4) is 11.8 Å². The van der Waals surface area contributed by atoms with Crippen LogP contribution in [0.1, 0.15) is 12.1 Å². The molecule has 2 aliphatic heterocycles. The lowest BCUT2D eigenvalue weighted by Gasteiger charge is -2.26. The predicted molar refractivity (Wildman–Crippen MR) is 114 cm³/mol. The lowest BCUT2D eigenvalue weighted by molar-refractivity contribution is -0.0313. The lowest BCUT2D eigenvalue weighted by Crippen LogP contribution is -2.31. The number of rotatable bonds is 4. The maximum atomic E-state index is 13.1. The summed E-state index contributed by atoms with van der Waals surface area (Å²) in [5.74, 6) is -0.100. The minimum atomic E-state index is -0.496. The third-order valence-electron chi connectivity index (χ3n) is 4.17. The van der Waals surface area contributed by atoms with Crippen molar-refractivity contribution in [2.75, 3.05) is 26.4 Å². The molecule has 0 radical (unpaired) electrons. The molecule has 0 spiro atoms. The number of nitrogens with zero attached hydrogens (tertiary/aromatic N) is 6. The van der Waals surface area contributed by atoms with Gasteiger partial charge in [-0.3, -0.25) is 0 Å². The van der Waals surface area contributed by atoms with Crippen LogP contribution < -0.4 is 4.74 Å². The molecule has 5 rings (SSSR count). The second kappa shape index (κ2) is 9.57. The molecule has 0 unspecified atom stereocenters. The molecule has 0 atom stereocenters. The number of hydrogen-bond donors (Lipinski definition) is 0. The van der Waals surface area contributed by atoms with Crippen molar-refractivity contribution >= 4 is 59.4 Å². The van der Waals surface area contributed by atoms with E-state index in [4.69, 9.17) is 25.8 Å². The molecule has 2 fully saturated rings. The fraction of sp³-hybridized carbons (Fsp3) is 0.375. The highest BCUT2D eigenvalue weighted by atomic mass is 79.9. The molecule has 30 heavy (non-hydrogen) atoms. The smallest absolute Gasteiger partial charge is 0.321 e. The molecule has 1 aromatic carbocycles. The number of ether oxygens (including phenoxy) is 3. The average molecular weight is 631 g/mol. The summed E-state index contributed by atoms with van der Waals surface area (Å²) in [6.45, 7) is 2.59. The minimum absolute atomic E-state index is 0.00499. The molecule has 0 bridgehead atoms. The van der Waals surface area contributed by atoms with Crippen molar-refractivity contribution in [3.05, 3.63) is 43.2 Å². The van der Waals surface area contributed by atoms with Crippen molar-refractivity contribution in [2.24, 2.45) is 0 Å². The van der Waals surface area contributed by atoms with Crippen LogP contribution in [0.3, 0.4) is 0 Å². The third kappa shape index (κ3) is 5.02. The van der Waals surface area contributed by atoms with Gasteiger partial charge in [0.25, 0.3) is 0 Å². The first-order valence-corrected chi connectivity index (χ1v) is 11.3. The summed E-state index contributed by atoms with van der Waals surface area (Å²) < 4.78 is 34.0. The Bertz CT molecular complexity index is 1040. The molecule has 2 aromatic heterocycles. The number of aromatic nitrogens is 6. The maximum Gasteiger partial charge on any atom is 0.321 e. The standard InChI is InChI=1S/C11H8BrClFN3O2.C5H5Br2N3O/c12-10-15-11(17(16-10)6-4-18-5-6)19-7-1-2-9(14)8(13)3-7;6-4-8-5(7)10(9-4)3-1-11-2-3/h1-3,6H,4-5H2;3H,1-2H2. The molecule has 2 saturated heterocycles. The van der Waals surface area contributed by atoms with Gasteiger partial charge in [-0.2, -0.15) is 9.97 Å². The Morgan fingerprint density at radius 2 is 1.57 bits per heavy atom. The van der Waals surface area contributed by atoms with Gasteiger partial charge >= 0.3 is 6.01 Å². The van der Waals surface area contributed by atoms with E-state index < -0.39 is 5.82 Å². The van der Waals surface area contributed by atoms with E-state index in [0.717, 1.165) is 17.9 Å². The zero-order valence-electron chi connectivity index (χ0n) is 15.0. The van der Waals surface area contributed by atoms with Crippen LogP contribution in [0.15, 0.2) is 32.4 Å². The van der Waals surface area contributed by atoms with Gasteiger partial charge in [-0.15, -0.1) is 10.2 Å². The quantitative estimate of drug-likeness (QED) is 0.417. The van der Waals surface area contributed by atoms with E-state index in [9.17, 15) is 4.39 Å². The Kier molecular flexibility index (Phi) is 7.05. The largest absolute Gasteiger partial charge is 0.424 e. The highest BCUT2D eigenvalue weighted by molar-refractivity contribution is 9.11. The Hall–Kier alpha value is -1.12. The molecule has 0 aliphatic carbocycles. The van der Waals surface area contributed by atoms with E-state index in [1.54, 1.807) is 4.68 Å². The maximum absolute atomic E-state index is 13.1. The SMILES string of the molecule is Brc1nc(Br)n(C2COC2)n1.Fc1ccc(Oc2nc(Br)nn2C2COC2)cc1Cl. The van der Waals surface area contributed by atoms with Gasteiger partial charge < -0.3 is 14.2 Å². The monoisotopic (exact) mass is 628 g/mol. The summed E-state index contributed by atoms with van der Waals surface area (Å²) in [7, 11) is 0. The first-order chi connectivity index (χ1) is 14.4. The summed E-state index contributed by atoms with van der Waals surface area (Å²) in [4.78, 5) is 8.16. The first kappa shape index (κ1) is 22.1. The van der Waals surface area contributed by atoms with Gasteiger partial charge in [0, 0.05) is 6.07 Å². The van der Waals surface area contributed by atoms with Crippen LogP contribution >= 0.6 is 59.4 Å². The van der Waals surface area contributed by atoms with Crippen molar-refractivity contribution in [1.82, 2.24) is 29.5 Å². The molecule has 4 heterocycles. The summed E-state index contributed by atoms with van der Waals surface area (Å²) in [5, 5.41) is 8.30. The van der Waals surface area contributed by atoms with Crippen LogP contribution in [0.25, 0.3) is 0 Å². The van der Waals surface area contributed by atoms with Gasteiger partial charge in [-0.05, 0) is 59.9 Å². The number of halogens is 5. The summed E-state index contributed by atoms with van der Waals surface area (Å²) in [6, 6.07) is 4.86. The van der Waals surface area contributed by atoms with E-state index in [1.165, 1.54) is 18.2 Å². The van der Waals surface area contributed by atoms with E-state index >= 15 is 0 Å². The van der Waals surface area contributed by atoms with Crippen LogP contribution in [0.5, 0.6) is 11.8 Å². The Labute approximate surface area is 200 Å². The van der Waals surface area contributed by atoms with E-state index in [2.05, 4.69) is 68.0 Å². The highest BCUT2D eigenvalue weighted by Gasteiger charge is 2.26. The Morgan fingerprint density at radius 3 is 2.10 bits per heavy atom. The molecule has 14 heteroatoms. The lowest BCUT2D eigenvalue weighted by atomic mass is 10.3. The topological polar surface area (TPSA) is 89.1 Å². The van der Waals surface area contributed by atoms with Gasteiger partial charge in [0.05, 0.1) is 31.5 Å². The van der Waals surface area contributed by atoms with Gasteiger partial charge in [-0.1, -0.05) is 11.6 Å². The zero-order valence-corrected chi connectivity index (χ0v) is 20.5. The van der Waals surface area contributed by atoms with Crippen LogP contribution in [-0.4, -0.2) is 56.0 Å². The second-order valence-electron chi connectivity index (χ2n) is 6.26. The van der Waals surface area contributed by atoms with Crippen molar-refractivity contribution in [2.45, 2.75) is 12.1 Å². The number of benzene rings is 1. The molecule has 160 valence electrons. The fourth-order valence-corrected chi connectivity index (χ4v) is 4.09. The molecule has 0 amide bonds. The third-order valence-corrected chi connectivity index (χ3v) is 5.67. The van der Waals surface area contributed by atoms with Gasteiger partial charge in [0.15, 0.2) is 4.73 Å².